The largest absolute Gasteiger partial charge is 0.480 e. The summed E-state index contributed by atoms with van der Waals surface area (Å²) in [6, 6.07) is -0.459. The first kappa shape index (κ1) is 14.5. The average Bonchev–Trinajstić information content (AvgIpc) is 2.16. The molecule has 92 valence electrons. The van der Waals surface area contributed by atoms with E-state index in [0.717, 1.165) is 0 Å². The molecule has 16 heavy (non-hydrogen) atoms. The molecule has 0 aromatic heterocycles. The van der Waals surface area contributed by atoms with Crippen molar-refractivity contribution in [2.45, 2.75) is 38.8 Å². The van der Waals surface area contributed by atoms with Crippen molar-refractivity contribution in [1.82, 2.24) is 10.2 Å². The summed E-state index contributed by atoms with van der Waals surface area (Å²) < 4.78 is 0. The normalized spacial score (nSPS) is 12.8. The number of urea groups is 1. The number of likely N-dealkylation sites (N-methyl/N-ethyl adjacent to an activating group) is 1. The quantitative estimate of drug-likeness (QED) is 0.700. The van der Waals surface area contributed by atoms with Crippen molar-refractivity contribution in [1.29, 1.82) is 0 Å². The van der Waals surface area contributed by atoms with E-state index in [2.05, 4.69) is 11.9 Å². The van der Waals surface area contributed by atoms with Gasteiger partial charge in [0.1, 0.15) is 5.54 Å². The summed E-state index contributed by atoms with van der Waals surface area (Å²) in [5.74, 6) is -1.04. The molecule has 5 nitrogen and oxygen atoms in total. The van der Waals surface area contributed by atoms with Gasteiger partial charge < -0.3 is 15.3 Å². The lowest BCUT2D eigenvalue weighted by atomic mass is 10.0. The van der Waals surface area contributed by atoms with Gasteiger partial charge in [-0.3, -0.25) is 0 Å². The number of nitrogens with zero attached hydrogens (tertiary/aromatic N) is 1. The molecule has 1 atom stereocenters. The number of aliphatic carboxylic acids is 1. The molecule has 0 heterocycles. The highest BCUT2D eigenvalue weighted by atomic mass is 16.4. The summed E-state index contributed by atoms with van der Waals surface area (Å²) >= 11 is 0. The lowest BCUT2D eigenvalue weighted by Gasteiger charge is -2.32. The molecule has 0 spiro atoms. The van der Waals surface area contributed by atoms with Crippen LogP contribution in [0.2, 0.25) is 0 Å². The molecule has 0 saturated heterocycles. The summed E-state index contributed by atoms with van der Waals surface area (Å²) in [6.07, 6.45) is 2.35. The number of carboxylic acid groups (broad SMARTS) is 1. The van der Waals surface area contributed by atoms with E-state index >= 15 is 0 Å². The summed E-state index contributed by atoms with van der Waals surface area (Å²) in [4.78, 5) is 23.8. The van der Waals surface area contributed by atoms with Crippen LogP contribution in [0.5, 0.6) is 0 Å². The van der Waals surface area contributed by atoms with E-state index in [0.29, 0.717) is 6.42 Å². The molecule has 0 aliphatic heterocycles. The van der Waals surface area contributed by atoms with Gasteiger partial charge in [0, 0.05) is 13.1 Å². The van der Waals surface area contributed by atoms with Crippen molar-refractivity contribution >= 4 is 12.0 Å². The molecular weight excluding hydrogens is 208 g/mol. The minimum Gasteiger partial charge on any atom is -0.480 e. The van der Waals surface area contributed by atoms with Gasteiger partial charge in [0.2, 0.25) is 0 Å². The first-order valence-corrected chi connectivity index (χ1v) is 5.12. The zero-order valence-electron chi connectivity index (χ0n) is 10.3. The van der Waals surface area contributed by atoms with Crippen molar-refractivity contribution in [3.63, 3.8) is 0 Å². The van der Waals surface area contributed by atoms with E-state index in [1.54, 1.807) is 6.08 Å². The Morgan fingerprint density at radius 1 is 1.56 bits per heavy atom. The van der Waals surface area contributed by atoms with Gasteiger partial charge in [-0.25, -0.2) is 9.59 Å². The maximum atomic E-state index is 11.7. The van der Waals surface area contributed by atoms with Crippen LogP contribution >= 0.6 is 0 Å². The molecule has 2 amide bonds. The number of amides is 2. The van der Waals surface area contributed by atoms with E-state index in [4.69, 9.17) is 5.11 Å². The van der Waals surface area contributed by atoms with Gasteiger partial charge in [-0.15, -0.1) is 6.58 Å². The molecular formula is C11H20N2O3. The highest BCUT2D eigenvalue weighted by molar-refractivity contribution is 5.85. The van der Waals surface area contributed by atoms with Crippen LogP contribution in [-0.2, 0) is 4.79 Å². The van der Waals surface area contributed by atoms with Crippen molar-refractivity contribution < 1.29 is 14.7 Å². The third-order valence-electron chi connectivity index (χ3n) is 2.56. The van der Waals surface area contributed by atoms with E-state index < -0.39 is 17.5 Å². The monoisotopic (exact) mass is 228 g/mol. The van der Waals surface area contributed by atoms with Crippen molar-refractivity contribution in [3.05, 3.63) is 12.7 Å². The molecule has 2 N–H and O–H groups in total. The zero-order valence-corrected chi connectivity index (χ0v) is 10.3. The lowest BCUT2D eigenvalue weighted by molar-refractivity contribution is -0.146. The number of rotatable bonds is 5. The smallest absolute Gasteiger partial charge is 0.329 e. The molecule has 0 aliphatic carbocycles. The molecule has 0 fully saturated rings. The number of hydrogen-bond acceptors (Lipinski definition) is 2. The summed E-state index contributed by atoms with van der Waals surface area (Å²) in [5, 5.41) is 11.7. The Morgan fingerprint density at radius 2 is 2.06 bits per heavy atom. The van der Waals surface area contributed by atoms with E-state index in [9.17, 15) is 9.59 Å². The topological polar surface area (TPSA) is 69.6 Å². The molecule has 0 radical (unpaired) electrons. The Hall–Kier alpha value is -1.52. The first-order chi connectivity index (χ1) is 7.23. The minimum atomic E-state index is -1.22. The van der Waals surface area contributed by atoms with Crippen LogP contribution in [0.3, 0.4) is 0 Å². The van der Waals surface area contributed by atoms with Crippen LogP contribution in [0.15, 0.2) is 12.7 Å². The highest BCUT2D eigenvalue weighted by Gasteiger charge is 2.35. The molecule has 0 rings (SSSR count). The fourth-order valence-electron chi connectivity index (χ4n) is 1.01. The van der Waals surface area contributed by atoms with Crippen molar-refractivity contribution in [2.75, 3.05) is 7.05 Å². The number of carbonyl (C=O) groups excluding carboxylic acids is 1. The van der Waals surface area contributed by atoms with Crippen molar-refractivity contribution in [2.24, 2.45) is 0 Å². The molecule has 0 bridgehead atoms. The fourth-order valence-corrected chi connectivity index (χ4v) is 1.01. The van der Waals surface area contributed by atoms with Crippen LogP contribution < -0.4 is 5.32 Å². The second-order valence-corrected chi connectivity index (χ2v) is 4.30. The van der Waals surface area contributed by atoms with Gasteiger partial charge in [-0.1, -0.05) is 6.08 Å². The summed E-state index contributed by atoms with van der Waals surface area (Å²) in [6.45, 7) is 8.36. The first-order valence-electron chi connectivity index (χ1n) is 5.12. The van der Waals surface area contributed by atoms with E-state index in [1.165, 1.54) is 25.8 Å². The maximum Gasteiger partial charge on any atom is 0.329 e. The number of nitrogens with one attached hydrogen (secondary N) is 1. The van der Waals surface area contributed by atoms with Crippen LogP contribution in [0.4, 0.5) is 4.79 Å². The molecule has 0 saturated carbocycles. The number of carbonyl (C=O) groups is 2. The van der Waals surface area contributed by atoms with Crippen LogP contribution in [0.1, 0.15) is 27.2 Å². The highest BCUT2D eigenvalue weighted by Crippen LogP contribution is 2.12. The van der Waals surface area contributed by atoms with Crippen molar-refractivity contribution in [3.8, 4) is 0 Å². The van der Waals surface area contributed by atoms with E-state index in [-0.39, 0.29) is 6.04 Å². The molecule has 0 aliphatic rings. The van der Waals surface area contributed by atoms with Gasteiger partial charge in [-0.2, -0.15) is 0 Å². The number of carboxylic acids is 1. The Balaban J connectivity index is 4.50. The molecule has 0 aromatic rings. The predicted molar refractivity (Wildman–Crippen MR) is 62.3 cm³/mol. The SMILES string of the molecule is C=CCC(C)NC(=O)N(C)C(C)(C)C(=O)O. The minimum absolute atomic E-state index is 0.0583. The van der Waals surface area contributed by atoms with Crippen LogP contribution in [-0.4, -0.2) is 40.6 Å². The second kappa shape index (κ2) is 5.53. The van der Waals surface area contributed by atoms with Gasteiger partial charge in [0.05, 0.1) is 0 Å². The van der Waals surface area contributed by atoms with Crippen LogP contribution in [0, 0.1) is 0 Å². The Morgan fingerprint density at radius 3 is 2.44 bits per heavy atom. The Kier molecular flexibility index (Phi) is 5.01. The fraction of sp³-hybridized carbons (Fsp3) is 0.636. The number of hydrogen-bond donors (Lipinski definition) is 2. The second-order valence-electron chi connectivity index (χ2n) is 4.30. The lowest BCUT2D eigenvalue weighted by Crippen LogP contribution is -2.55. The van der Waals surface area contributed by atoms with E-state index in [1.807, 2.05) is 6.92 Å². The van der Waals surface area contributed by atoms with Gasteiger partial charge in [0.25, 0.3) is 0 Å². The molecule has 1 unspecified atom stereocenters. The molecule has 5 heteroatoms. The summed E-state index contributed by atoms with van der Waals surface area (Å²) in [7, 11) is 1.46. The summed E-state index contributed by atoms with van der Waals surface area (Å²) in [5.41, 5.74) is -1.22. The van der Waals surface area contributed by atoms with Gasteiger partial charge in [-0.05, 0) is 27.2 Å². The third-order valence-corrected chi connectivity index (χ3v) is 2.56. The van der Waals surface area contributed by atoms with Gasteiger partial charge >= 0.3 is 12.0 Å². The third kappa shape index (κ3) is 3.56. The average molecular weight is 228 g/mol. The maximum absolute atomic E-state index is 11.7. The molecule has 0 aromatic carbocycles. The Labute approximate surface area is 96.1 Å². The van der Waals surface area contributed by atoms with Gasteiger partial charge in [0.15, 0.2) is 0 Å². The standard InChI is InChI=1S/C11H20N2O3/c1-6-7-8(2)12-10(16)13(5)11(3,4)9(14)15/h6,8H,1,7H2,2-5H3,(H,12,16)(H,14,15). The zero-order chi connectivity index (χ0) is 12.9. The van der Waals surface area contributed by atoms with Crippen LogP contribution in [0.25, 0.3) is 0 Å². The predicted octanol–water partition coefficient (Wildman–Crippen LogP) is 1.46. The Bertz CT molecular complexity index is 287.